The summed E-state index contributed by atoms with van der Waals surface area (Å²) in [5.74, 6) is 0.921. The lowest BCUT2D eigenvalue weighted by atomic mass is 9.95. The molecular weight excluding hydrogens is 234 g/mol. The number of hydrogen-bond acceptors (Lipinski definition) is 3. The molecule has 19 heavy (non-hydrogen) atoms. The molecule has 1 aliphatic heterocycles. The third kappa shape index (κ3) is 7.28. The first kappa shape index (κ1) is 16.9. The van der Waals surface area contributed by atoms with Crippen LogP contribution in [0.4, 0.5) is 0 Å². The van der Waals surface area contributed by atoms with E-state index in [1.165, 1.54) is 64.8 Å². The molecule has 1 rings (SSSR count). The maximum atomic E-state index is 3.50. The average molecular weight is 269 g/mol. The van der Waals surface area contributed by atoms with Gasteiger partial charge in [0.1, 0.15) is 0 Å². The molecule has 3 heteroatoms. The smallest absolute Gasteiger partial charge is 0.00674 e. The number of nitrogens with one attached hydrogen (secondary N) is 1. The molecule has 0 bridgehead atoms. The predicted octanol–water partition coefficient (Wildman–Crippen LogP) is 2.43. The fourth-order valence-electron chi connectivity index (χ4n) is 3.10. The van der Waals surface area contributed by atoms with Gasteiger partial charge in [-0.3, -0.25) is 0 Å². The Hall–Kier alpha value is -0.120. The van der Waals surface area contributed by atoms with E-state index < -0.39 is 0 Å². The van der Waals surface area contributed by atoms with Crippen LogP contribution in [0.2, 0.25) is 0 Å². The number of hydrogen-bond donors (Lipinski definition) is 1. The van der Waals surface area contributed by atoms with Crippen molar-refractivity contribution in [1.82, 2.24) is 15.1 Å². The van der Waals surface area contributed by atoms with Crippen LogP contribution in [-0.2, 0) is 0 Å². The van der Waals surface area contributed by atoms with Crippen molar-refractivity contribution in [2.24, 2.45) is 5.92 Å². The van der Waals surface area contributed by atoms with Crippen LogP contribution in [0, 0.1) is 5.92 Å². The minimum Gasteiger partial charge on any atom is -0.317 e. The summed E-state index contributed by atoms with van der Waals surface area (Å²) < 4.78 is 0. The predicted molar refractivity (Wildman–Crippen MR) is 84.7 cm³/mol. The maximum absolute atomic E-state index is 3.50. The molecule has 1 aliphatic rings. The zero-order valence-corrected chi connectivity index (χ0v) is 13.6. The van der Waals surface area contributed by atoms with Crippen LogP contribution in [-0.4, -0.2) is 62.7 Å². The Morgan fingerprint density at radius 2 is 1.89 bits per heavy atom. The van der Waals surface area contributed by atoms with Gasteiger partial charge in [-0.2, -0.15) is 0 Å². The summed E-state index contributed by atoms with van der Waals surface area (Å²) in [6, 6.07) is 0.767. The van der Waals surface area contributed by atoms with Gasteiger partial charge in [0.15, 0.2) is 0 Å². The lowest BCUT2D eigenvalue weighted by molar-refractivity contribution is 0.121. The molecule has 1 unspecified atom stereocenters. The molecule has 1 N–H and O–H groups in total. The Morgan fingerprint density at radius 1 is 1.21 bits per heavy atom. The molecule has 1 heterocycles. The number of nitrogens with zero attached hydrogens (tertiary/aromatic N) is 2. The van der Waals surface area contributed by atoms with E-state index in [9.17, 15) is 0 Å². The Bertz CT molecular complexity index is 210. The quantitative estimate of drug-likeness (QED) is 0.649. The van der Waals surface area contributed by atoms with Crippen molar-refractivity contribution < 1.29 is 0 Å². The second kappa shape index (κ2) is 9.73. The first-order chi connectivity index (χ1) is 9.13. The molecule has 1 saturated heterocycles. The standard InChI is InChI=1S/C16H35N3/c1-5-10-17-11-6-7-15(2)19-12-8-16(9-13-19)14-18(3)4/h15-17H,5-14H2,1-4H3. The minimum absolute atomic E-state index is 0.767. The Labute approximate surface area is 120 Å². The van der Waals surface area contributed by atoms with E-state index in [1.54, 1.807) is 0 Å². The van der Waals surface area contributed by atoms with E-state index in [2.05, 4.69) is 43.1 Å². The molecule has 0 aromatic carbocycles. The molecule has 0 aromatic heterocycles. The molecule has 1 fully saturated rings. The summed E-state index contributed by atoms with van der Waals surface area (Å²) in [6.07, 6.45) is 6.68. The van der Waals surface area contributed by atoms with Crippen molar-refractivity contribution in [3.05, 3.63) is 0 Å². The van der Waals surface area contributed by atoms with Gasteiger partial charge in [0.25, 0.3) is 0 Å². The summed E-state index contributed by atoms with van der Waals surface area (Å²) in [5, 5.41) is 3.50. The molecule has 3 nitrogen and oxygen atoms in total. The van der Waals surface area contributed by atoms with Gasteiger partial charge in [0.2, 0.25) is 0 Å². The fourth-order valence-corrected chi connectivity index (χ4v) is 3.10. The van der Waals surface area contributed by atoms with E-state index in [-0.39, 0.29) is 0 Å². The normalized spacial score (nSPS) is 20.1. The van der Waals surface area contributed by atoms with Crippen LogP contribution in [0.15, 0.2) is 0 Å². The highest BCUT2D eigenvalue weighted by molar-refractivity contribution is 4.77. The van der Waals surface area contributed by atoms with E-state index >= 15 is 0 Å². The summed E-state index contributed by atoms with van der Waals surface area (Å²) in [5.41, 5.74) is 0. The summed E-state index contributed by atoms with van der Waals surface area (Å²) >= 11 is 0. The van der Waals surface area contributed by atoms with Crippen LogP contribution < -0.4 is 5.32 Å². The highest BCUT2D eigenvalue weighted by Crippen LogP contribution is 2.20. The lowest BCUT2D eigenvalue weighted by Crippen LogP contribution is -2.42. The first-order valence-corrected chi connectivity index (χ1v) is 8.23. The molecule has 0 aliphatic carbocycles. The van der Waals surface area contributed by atoms with E-state index in [4.69, 9.17) is 0 Å². The largest absolute Gasteiger partial charge is 0.317 e. The van der Waals surface area contributed by atoms with E-state index in [0.717, 1.165) is 12.0 Å². The van der Waals surface area contributed by atoms with Crippen molar-refractivity contribution in [2.45, 2.75) is 52.0 Å². The van der Waals surface area contributed by atoms with Gasteiger partial charge in [0.05, 0.1) is 0 Å². The topological polar surface area (TPSA) is 18.5 Å². The Kier molecular flexibility index (Phi) is 8.67. The van der Waals surface area contributed by atoms with Crippen molar-refractivity contribution in [3.63, 3.8) is 0 Å². The van der Waals surface area contributed by atoms with Gasteiger partial charge in [0, 0.05) is 12.6 Å². The Morgan fingerprint density at radius 3 is 2.47 bits per heavy atom. The molecule has 0 aromatic rings. The minimum atomic E-state index is 0.767. The molecule has 0 radical (unpaired) electrons. The molecule has 1 atom stereocenters. The summed E-state index contributed by atoms with van der Waals surface area (Å²) in [6.45, 7) is 10.9. The highest BCUT2D eigenvalue weighted by Gasteiger charge is 2.22. The molecule has 0 saturated carbocycles. The first-order valence-electron chi connectivity index (χ1n) is 8.23. The van der Waals surface area contributed by atoms with Gasteiger partial charge >= 0.3 is 0 Å². The van der Waals surface area contributed by atoms with E-state index in [0.29, 0.717) is 0 Å². The Balaban J connectivity index is 2.09. The van der Waals surface area contributed by atoms with Crippen LogP contribution in [0.3, 0.4) is 0 Å². The summed E-state index contributed by atoms with van der Waals surface area (Å²) in [7, 11) is 4.39. The molecule has 0 spiro atoms. The van der Waals surface area contributed by atoms with Crippen LogP contribution >= 0.6 is 0 Å². The van der Waals surface area contributed by atoms with Gasteiger partial charge in [-0.1, -0.05) is 6.92 Å². The summed E-state index contributed by atoms with van der Waals surface area (Å²) in [4.78, 5) is 5.04. The third-order valence-corrected chi connectivity index (χ3v) is 4.30. The van der Waals surface area contributed by atoms with Gasteiger partial charge in [-0.05, 0) is 85.2 Å². The van der Waals surface area contributed by atoms with Gasteiger partial charge < -0.3 is 15.1 Å². The van der Waals surface area contributed by atoms with Gasteiger partial charge in [-0.15, -0.1) is 0 Å². The second-order valence-corrected chi connectivity index (χ2v) is 6.48. The second-order valence-electron chi connectivity index (χ2n) is 6.48. The van der Waals surface area contributed by atoms with Crippen LogP contribution in [0.1, 0.15) is 46.0 Å². The van der Waals surface area contributed by atoms with Crippen molar-refractivity contribution in [3.8, 4) is 0 Å². The molecule has 114 valence electrons. The number of piperidine rings is 1. The average Bonchev–Trinajstić information content (AvgIpc) is 2.38. The van der Waals surface area contributed by atoms with Crippen molar-refractivity contribution in [1.29, 1.82) is 0 Å². The monoisotopic (exact) mass is 269 g/mol. The number of rotatable bonds is 9. The SMILES string of the molecule is CCCNCCCC(C)N1CCC(CN(C)C)CC1. The number of likely N-dealkylation sites (tertiary alicyclic amines) is 1. The van der Waals surface area contributed by atoms with Crippen LogP contribution in [0.5, 0.6) is 0 Å². The highest BCUT2D eigenvalue weighted by atomic mass is 15.2. The maximum Gasteiger partial charge on any atom is 0.00674 e. The lowest BCUT2D eigenvalue weighted by Gasteiger charge is -2.37. The zero-order valence-electron chi connectivity index (χ0n) is 13.6. The molecule has 0 amide bonds. The molecular formula is C16H35N3. The van der Waals surface area contributed by atoms with Crippen LogP contribution in [0.25, 0.3) is 0 Å². The fraction of sp³-hybridized carbons (Fsp3) is 1.00. The van der Waals surface area contributed by atoms with E-state index in [1.807, 2.05) is 0 Å². The van der Waals surface area contributed by atoms with Gasteiger partial charge in [-0.25, -0.2) is 0 Å². The van der Waals surface area contributed by atoms with Crippen molar-refractivity contribution in [2.75, 3.05) is 46.8 Å². The zero-order chi connectivity index (χ0) is 14.1. The van der Waals surface area contributed by atoms with Crippen molar-refractivity contribution >= 4 is 0 Å². The third-order valence-electron chi connectivity index (χ3n) is 4.30.